The first-order chi connectivity index (χ1) is 15.3. The highest BCUT2D eigenvalue weighted by molar-refractivity contribution is 6.35. The number of nitrogens with one attached hydrogen (secondary N) is 1. The second-order valence-corrected chi connectivity index (χ2v) is 9.91. The van der Waals surface area contributed by atoms with Crippen LogP contribution in [0.25, 0.3) is 0 Å². The molecular formula is C24H26Cl3N3O2. The third-order valence-corrected chi connectivity index (χ3v) is 7.35. The van der Waals surface area contributed by atoms with Gasteiger partial charge in [0.2, 0.25) is 11.8 Å². The van der Waals surface area contributed by atoms with Crippen LogP contribution >= 0.6 is 34.8 Å². The summed E-state index contributed by atoms with van der Waals surface area (Å²) in [5.74, 6) is -0.259. The molecule has 2 aromatic rings. The Bertz CT molecular complexity index is 1020. The molecule has 8 heteroatoms. The number of hydrogen-bond donors (Lipinski definition) is 1. The maximum Gasteiger partial charge on any atom is 0.245 e. The number of likely N-dealkylation sites (N-methyl/N-ethyl adjacent to an activating group) is 1. The second-order valence-electron chi connectivity index (χ2n) is 8.66. The standard InChI is InChI=1S/C24H26Cl3N3O2/c1-29-10-12-30(13-11-29)22(31)21(14-16-4-2-3-5-19(16)26)28-23(32)24(8-9-24)18-7-6-17(25)15-20(18)27/h2-7,15,21H,8-14H2,1H3,(H,28,32)/t21-/m0/s1. The Labute approximate surface area is 203 Å². The van der Waals surface area contributed by atoms with Gasteiger partial charge in [-0.2, -0.15) is 0 Å². The Balaban J connectivity index is 1.57. The van der Waals surface area contributed by atoms with E-state index in [2.05, 4.69) is 10.2 Å². The first kappa shape index (κ1) is 23.4. The van der Waals surface area contributed by atoms with Gasteiger partial charge in [0.25, 0.3) is 0 Å². The van der Waals surface area contributed by atoms with Crippen LogP contribution in [0.15, 0.2) is 42.5 Å². The summed E-state index contributed by atoms with van der Waals surface area (Å²) < 4.78 is 0. The third kappa shape index (κ3) is 4.91. The van der Waals surface area contributed by atoms with Gasteiger partial charge in [0, 0.05) is 47.7 Å². The van der Waals surface area contributed by atoms with Crippen LogP contribution in [0.1, 0.15) is 24.0 Å². The van der Waals surface area contributed by atoms with E-state index in [-0.39, 0.29) is 11.8 Å². The summed E-state index contributed by atoms with van der Waals surface area (Å²) in [6.07, 6.45) is 1.70. The molecule has 0 bridgehead atoms. The Hall–Kier alpha value is -1.79. The van der Waals surface area contributed by atoms with E-state index in [4.69, 9.17) is 34.8 Å². The fourth-order valence-electron chi connectivity index (χ4n) is 4.25. The number of carbonyl (C=O) groups is 2. The number of rotatable bonds is 6. The van der Waals surface area contributed by atoms with E-state index >= 15 is 0 Å². The molecule has 1 aliphatic carbocycles. The van der Waals surface area contributed by atoms with E-state index in [0.29, 0.717) is 47.4 Å². The fraction of sp³-hybridized carbons (Fsp3) is 0.417. The molecule has 4 rings (SSSR count). The summed E-state index contributed by atoms with van der Waals surface area (Å²) in [5.41, 5.74) is 0.865. The minimum Gasteiger partial charge on any atom is -0.343 e. The molecule has 2 amide bonds. The number of hydrogen-bond acceptors (Lipinski definition) is 3. The zero-order valence-electron chi connectivity index (χ0n) is 17.9. The molecule has 2 aromatic carbocycles. The number of piperazine rings is 1. The Morgan fingerprint density at radius 3 is 2.31 bits per heavy atom. The molecule has 0 aromatic heterocycles. The van der Waals surface area contributed by atoms with Crippen LogP contribution < -0.4 is 5.32 Å². The quantitative estimate of drug-likeness (QED) is 0.655. The van der Waals surface area contributed by atoms with Crippen molar-refractivity contribution in [1.29, 1.82) is 0 Å². The zero-order chi connectivity index (χ0) is 22.9. The molecule has 2 fully saturated rings. The number of amides is 2. The molecule has 1 saturated carbocycles. The van der Waals surface area contributed by atoms with Crippen LogP contribution in [-0.2, 0) is 21.4 Å². The van der Waals surface area contributed by atoms with E-state index in [1.54, 1.807) is 18.2 Å². The van der Waals surface area contributed by atoms with Crippen molar-refractivity contribution in [3.05, 3.63) is 68.7 Å². The maximum atomic E-state index is 13.5. The van der Waals surface area contributed by atoms with Crippen molar-refractivity contribution in [2.75, 3.05) is 33.2 Å². The van der Waals surface area contributed by atoms with Crippen LogP contribution in [-0.4, -0.2) is 60.9 Å². The lowest BCUT2D eigenvalue weighted by molar-refractivity contribution is -0.138. The molecule has 0 spiro atoms. The monoisotopic (exact) mass is 493 g/mol. The van der Waals surface area contributed by atoms with Crippen LogP contribution in [0.4, 0.5) is 0 Å². The fourth-order valence-corrected chi connectivity index (χ4v) is 5.05. The summed E-state index contributed by atoms with van der Waals surface area (Å²) in [6.45, 7) is 2.89. The normalized spacial score (nSPS) is 18.8. The smallest absolute Gasteiger partial charge is 0.245 e. The van der Waals surface area contributed by atoms with Crippen LogP contribution in [0.2, 0.25) is 15.1 Å². The average molecular weight is 495 g/mol. The van der Waals surface area contributed by atoms with Gasteiger partial charge in [0.05, 0.1) is 5.41 Å². The molecule has 1 aliphatic heterocycles. The summed E-state index contributed by atoms with van der Waals surface area (Å²) in [4.78, 5) is 31.0. The summed E-state index contributed by atoms with van der Waals surface area (Å²) in [7, 11) is 2.04. The van der Waals surface area contributed by atoms with Gasteiger partial charge < -0.3 is 15.1 Å². The minimum atomic E-state index is -0.719. The van der Waals surface area contributed by atoms with Gasteiger partial charge in [-0.1, -0.05) is 59.1 Å². The molecule has 1 N–H and O–H groups in total. The molecule has 1 saturated heterocycles. The molecule has 1 heterocycles. The van der Waals surface area contributed by atoms with Crippen molar-refractivity contribution in [1.82, 2.24) is 15.1 Å². The summed E-state index contributed by atoms with van der Waals surface area (Å²) in [6, 6.07) is 11.9. The van der Waals surface area contributed by atoms with Crippen molar-refractivity contribution < 1.29 is 9.59 Å². The Kier molecular flexibility index (Phi) is 7.01. The van der Waals surface area contributed by atoms with E-state index in [9.17, 15) is 9.59 Å². The third-order valence-electron chi connectivity index (χ3n) is 6.43. The predicted octanol–water partition coefficient (Wildman–Crippen LogP) is 4.18. The number of nitrogens with zero attached hydrogens (tertiary/aromatic N) is 2. The topological polar surface area (TPSA) is 52.6 Å². The van der Waals surface area contributed by atoms with Crippen molar-refractivity contribution in [3.8, 4) is 0 Å². The van der Waals surface area contributed by atoms with E-state index < -0.39 is 11.5 Å². The molecule has 1 atom stereocenters. The van der Waals surface area contributed by atoms with E-state index in [1.165, 1.54) is 0 Å². The number of halogens is 3. The van der Waals surface area contributed by atoms with Gasteiger partial charge in [-0.25, -0.2) is 0 Å². The first-order valence-corrected chi connectivity index (χ1v) is 11.9. The molecule has 32 heavy (non-hydrogen) atoms. The SMILES string of the molecule is CN1CCN(C(=O)[C@H](Cc2ccccc2Cl)NC(=O)C2(c3ccc(Cl)cc3Cl)CC2)CC1. The molecule has 5 nitrogen and oxygen atoms in total. The highest BCUT2D eigenvalue weighted by Gasteiger charge is 2.53. The maximum absolute atomic E-state index is 13.5. The first-order valence-electron chi connectivity index (χ1n) is 10.8. The lowest BCUT2D eigenvalue weighted by Gasteiger charge is -2.35. The average Bonchev–Trinajstić information content (AvgIpc) is 3.56. The lowest BCUT2D eigenvalue weighted by atomic mass is 9.93. The molecule has 0 unspecified atom stereocenters. The predicted molar refractivity (Wildman–Crippen MR) is 129 cm³/mol. The molecular weight excluding hydrogens is 469 g/mol. The van der Waals surface area contributed by atoms with Crippen LogP contribution in [0, 0.1) is 0 Å². The van der Waals surface area contributed by atoms with E-state index in [0.717, 1.165) is 24.2 Å². The van der Waals surface area contributed by atoms with Crippen LogP contribution in [0.3, 0.4) is 0 Å². The highest BCUT2D eigenvalue weighted by atomic mass is 35.5. The zero-order valence-corrected chi connectivity index (χ0v) is 20.2. The van der Waals surface area contributed by atoms with Crippen molar-refractivity contribution in [2.24, 2.45) is 0 Å². The van der Waals surface area contributed by atoms with Gasteiger partial charge in [0.15, 0.2) is 0 Å². The number of benzene rings is 2. The minimum absolute atomic E-state index is 0.0793. The van der Waals surface area contributed by atoms with Gasteiger partial charge >= 0.3 is 0 Å². The van der Waals surface area contributed by atoms with Crippen molar-refractivity contribution >= 4 is 46.6 Å². The van der Waals surface area contributed by atoms with Crippen molar-refractivity contribution in [3.63, 3.8) is 0 Å². The van der Waals surface area contributed by atoms with Crippen LogP contribution in [0.5, 0.6) is 0 Å². The summed E-state index contributed by atoms with van der Waals surface area (Å²) in [5, 5.41) is 4.63. The van der Waals surface area contributed by atoms with Gasteiger partial charge in [-0.3, -0.25) is 9.59 Å². The Morgan fingerprint density at radius 2 is 1.69 bits per heavy atom. The second kappa shape index (κ2) is 9.60. The lowest BCUT2D eigenvalue weighted by Crippen LogP contribution is -2.56. The van der Waals surface area contributed by atoms with Gasteiger partial charge in [-0.15, -0.1) is 0 Å². The highest BCUT2D eigenvalue weighted by Crippen LogP contribution is 2.51. The van der Waals surface area contributed by atoms with Gasteiger partial charge in [-0.05, 0) is 49.2 Å². The largest absolute Gasteiger partial charge is 0.343 e. The summed E-state index contributed by atoms with van der Waals surface area (Å²) >= 11 is 18.8. The molecule has 2 aliphatic rings. The number of carbonyl (C=O) groups excluding carboxylic acids is 2. The van der Waals surface area contributed by atoms with Crippen molar-refractivity contribution in [2.45, 2.75) is 30.7 Å². The Morgan fingerprint density at radius 1 is 1.00 bits per heavy atom. The molecule has 0 radical (unpaired) electrons. The van der Waals surface area contributed by atoms with E-state index in [1.807, 2.05) is 36.2 Å². The molecule has 170 valence electrons. The van der Waals surface area contributed by atoms with Gasteiger partial charge in [0.1, 0.15) is 6.04 Å².